The summed E-state index contributed by atoms with van der Waals surface area (Å²) in [6.07, 6.45) is 3.23. The Hall–Kier alpha value is -2.56. The Morgan fingerprint density at radius 1 is 1.29 bits per heavy atom. The number of methoxy groups -OCH3 is 1. The van der Waals surface area contributed by atoms with Crippen LogP contribution in [0.2, 0.25) is 0 Å². The summed E-state index contributed by atoms with van der Waals surface area (Å²) in [4.78, 5) is 16.2. The molecule has 0 radical (unpaired) electrons. The molecule has 0 aliphatic carbocycles. The molecule has 1 aromatic carbocycles. The third-order valence-corrected chi connectivity index (χ3v) is 2.91. The van der Waals surface area contributed by atoms with Crippen molar-refractivity contribution in [1.82, 2.24) is 4.98 Å². The van der Waals surface area contributed by atoms with Crippen LogP contribution in [0.5, 0.6) is 11.5 Å². The van der Waals surface area contributed by atoms with Crippen LogP contribution in [0, 0.1) is 0 Å². The molecule has 2 rings (SSSR count). The average Bonchev–Trinajstić information content (AvgIpc) is 2.53. The number of hydrogen-bond acceptors (Lipinski definition) is 4. The normalized spacial score (nSPS) is 11.5. The first kappa shape index (κ1) is 14.8. The van der Waals surface area contributed by atoms with Crippen LogP contribution in [0.4, 0.5) is 5.69 Å². The SMILES string of the molecule is CC[C@H](Oc1cccc(OC)c1)C(=O)Nc1cccnc1. The third-order valence-electron chi connectivity index (χ3n) is 2.91. The molecule has 1 heterocycles. The first-order chi connectivity index (χ1) is 10.2. The van der Waals surface area contributed by atoms with Gasteiger partial charge in [-0.05, 0) is 30.7 Å². The fourth-order valence-electron chi connectivity index (χ4n) is 1.82. The van der Waals surface area contributed by atoms with Gasteiger partial charge in [-0.25, -0.2) is 0 Å². The van der Waals surface area contributed by atoms with Crippen LogP contribution in [0.3, 0.4) is 0 Å². The fraction of sp³-hybridized carbons (Fsp3) is 0.250. The number of amides is 1. The van der Waals surface area contributed by atoms with Crippen molar-refractivity contribution in [2.24, 2.45) is 0 Å². The zero-order valence-electron chi connectivity index (χ0n) is 12.1. The Bertz CT molecular complexity index is 587. The van der Waals surface area contributed by atoms with Crippen molar-refractivity contribution in [2.75, 3.05) is 12.4 Å². The highest BCUT2D eigenvalue weighted by atomic mass is 16.5. The number of nitrogens with one attached hydrogen (secondary N) is 1. The van der Waals surface area contributed by atoms with E-state index in [2.05, 4.69) is 10.3 Å². The fourth-order valence-corrected chi connectivity index (χ4v) is 1.82. The summed E-state index contributed by atoms with van der Waals surface area (Å²) < 4.78 is 10.9. The van der Waals surface area contributed by atoms with Crippen LogP contribution < -0.4 is 14.8 Å². The van der Waals surface area contributed by atoms with E-state index in [1.54, 1.807) is 43.8 Å². The molecule has 110 valence electrons. The lowest BCUT2D eigenvalue weighted by Crippen LogP contribution is -2.32. The van der Waals surface area contributed by atoms with Gasteiger partial charge in [-0.2, -0.15) is 0 Å². The molecule has 0 spiro atoms. The molecule has 0 bridgehead atoms. The van der Waals surface area contributed by atoms with Crippen molar-refractivity contribution in [1.29, 1.82) is 0 Å². The maximum atomic E-state index is 12.2. The summed E-state index contributed by atoms with van der Waals surface area (Å²) in [6.45, 7) is 1.90. The number of benzene rings is 1. The first-order valence-corrected chi connectivity index (χ1v) is 6.74. The predicted molar refractivity (Wildman–Crippen MR) is 80.6 cm³/mol. The van der Waals surface area contributed by atoms with E-state index in [4.69, 9.17) is 9.47 Å². The predicted octanol–water partition coefficient (Wildman–Crippen LogP) is 2.89. The number of ether oxygens (including phenoxy) is 2. The lowest BCUT2D eigenvalue weighted by Gasteiger charge is -2.17. The molecule has 1 N–H and O–H groups in total. The van der Waals surface area contributed by atoms with Gasteiger partial charge < -0.3 is 14.8 Å². The number of anilines is 1. The van der Waals surface area contributed by atoms with Crippen molar-refractivity contribution in [2.45, 2.75) is 19.4 Å². The van der Waals surface area contributed by atoms with Crippen LogP contribution in [-0.2, 0) is 4.79 Å². The molecule has 0 saturated heterocycles. The van der Waals surface area contributed by atoms with Crippen molar-refractivity contribution < 1.29 is 14.3 Å². The number of hydrogen-bond donors (Lipinski definition) is 1. The number of carbonyl (C=O) groups excluding carboxylic acids is 1. The van der Waals surface area contributed by atoms with Gasteiger partial charge in [0.1, 0.15) is 11.5 Å². The van der Waals surface area contributed by atoms with Crippen LogP contribution in [0.25, 0.3) is 0 Å². The highest BCUT2D eigenvalue weighted by Gasteiger charge is 2.18. The standard InChI is InChI=1S/C16H18N2O3/c1-3-15(16(19)18-12-6-5-9-17-11-12)21-14-8-4-7-13(10-14)20-2/h4-11,15H,3H2,1-2H3,(H,18,19)/t15-/m0/s1. The van der Waals surface area contributed by atoms with Gasteiger partial charge in [0.25, 0.3) is 5.91 Å². The lowest BCUT2D eigenvalue weighted by molar-refractivity contribution is -0.122. The lowest BCUT2D eigenvalue weighted by atomic mass is 10.2. The summed E-state index contributed by atoms with van der Waals surface area (Å²) in [5.41, 5.74) is 0.648. The second-order valence-electron chi connectivity index (χ2n) is 4.42. The molecule has 2 aromatic rings. The minimum Gasteiger partial charge on any atom is -0.497 e. The van der Waals surface area contributed by atoms with Crippen molar-refractivity contribution in [3.8, 4) is 11.5 Å². The monoisotopic (exact) mass is 286 g/mol. The van der Waals surface area contributed by atoms with E-state index in [0.29, 0.717) is 23.6 Å². The van der Waals surface area contributed by atoms with Gasteiger partial charge in [0.15, 0.2) is 6.10 Å². The molecule has 1 atom stereocenters. The molecule has 0 saturated carbocycles. The Labute approximate surface area is 123 Å². The van der Waals surface area contributed by atoms with Crippen molar-refractivity contribution >= 4 is 11.6 Å². The minimum atomic E-state index is -0.572. The topological polar surface area (TPSA) is 60.5 Å². The van der Waals surface area contributed by atoms with Crippen molar-refractivity contribution in [3.05, 3.63) is 48.8 Å². The Balaban J connectivity index is 2.03. The molecule has 1 amide bonds. The summed E-state index contributed by atoms with van der Waals surface area (Å²) in [5.74, 6) is 1.09. The minimum absolute atomic E-state index is 0.201. The molecule has 0 fully saturated rings. The van der Waals surface area contributed by atoms with E-state index >= 15 is 0 Å². The summed E-state index contributed by atoms with van der Waals surface area (Å²) in [7, 11) is 1.59. The number of rotatable bonds is 6. The largest absolute Gasteiger partial charge is 0.497 e. The maximum Gasteiger partial charge on any atom is 0.265 e. The first-order valence-electron chi connectivity index (χ1n) is 6.74. The second kappa shape index (κ2) is 7.28. The zero-order chi connectivity index (χ0) is 15.1. The quantitative estimate of drug-likeness (QED) is 0.887. The van der Waals surface area contributed by atoms with E-state index in [1.165, 1.54) is 0 Å². The maximum absolute atomic E-state index is 12.2. The molecule has 21 heavy (non-hydrogen) atoms. The van der Waals surface area contributed by atoms with E-state index in [9.17, 15) is 4.79 Å². The molecule has 0 aliphatic rings. The highest BCUT2D eigenvalue weighted by molar-refractivity contribution is 5.94. The van der Waals surface area contributed by atoms with Gasteiger partial charge in [-0.3, -0.25) is 9.78 Å². The van der Waals surface area contributed by atoms with Crippen molar-refractivity contribution in [3.63, 3.8) is 0 Å². The van der Waals surface area contributed by atoms with E-state index in [-0.39, 0.29) is 5.91 Å². The van der Waals surface area contributed by atoms with E-state index in [0.717, 1.165) is 0 Å². The summed E-state index contributed by atoms with van der Waals surface area (Å²) in [6, 6.07) is 10.7. The van der Waals surface area contributed by atoms with E-state index in [1.807, 2.05) is 19.1 Å². The molecule has 5 nitrogen and oxygen atoms in total. The molecular formula is C16H18N2O3. The second-order valence-corrected chi connectivity index (χ2v) is 4.42. The molecule has 0 unspecified atom stereocenters. The smallest absolute Gasteiger partial charge is 0.265 e. The summed E-state index contributed by atoms with van der Waals surface area (Å²) >= 11 is 0. The van der Waals surface area contributed by atoms with Gasteiger partial charge in [0, 0.05) is 12.3 Å². The van der Waals surface area contributed by atoms with Crippen LogP contribution in [-0.4, -0.2) is 24.1 Å². The van der Waals surface area contributed by atoms with Gasteiger partial charge in [-0.15, -0.1) is 0 Å². The Morgan fingerprint density at radius 3 is 2.76 bits per heavy atom. The molecule has 1 aromatic heterocycles. The van der Waals surface area contributed by atoms with Gasteiger partial charge in [-0.1, -0.05) is 13.0 Å². The number of aromatic nitrogens is 1. The Morgan fingerprint density at radius 2 is 2.10 bits per heavy atom. The average molecular weight is 286 g/mol. The van der Waals surface area contributed by atoms with Gasteiger partial charge in [0.05, 0.1) is 19.0 Å². The Kier molecular flexibility index (Phi) is 5.15. The number of pyridine rings is 1. The zero-order valence-corrected chi connectivity index (χ0v) is 12.1. The molecule has 0 aliphatic heterocycles. The van der Waals surface area contributed by atoms with Gasteiger partial charge in [0.2, 0.25) is 0 Å². The van der Waals surface area contributed by atoms with Crippen LogP contribution >= 0.6 is 0 Å². The molecular weight excluding hydrogens is 268 g/mol. The van der Waals surface area contributed by atoms with Gasteiger partial charge >= 0.3 is 0 Å². The van der Waals surface area contributed by atoms with Crippen LogP contribution in [0.15, 0.2) is 48.8 Å². The molecule has 5 heteroatoms. The highest BCUT2D eigenvalue weighted by Crippen LogP contribution is 2.21. The summed E-state index contributed by atoms with van der Waals surface area (Å²) in [5, 5.41) is 2.78. The van der Waals surface area contributed by atoms with E-state index < -0.39 is 6.10 Å². The number of carbonyl (C=O) groups is 1. The third kappa shape index (κ3) is 4.21. The number of nitrogens with zero attached hydrogens (tertiary/aromatic N) is 1. The van der Waals surface area contributed by atoms with Crippen LogP contribution in [0.1, 0.15) is 13.3 Å².